The Balaban J connectivity index is 3.23. The lowest BCUT2D eigenvalue weighted by atomic mass is 10.1. The maximum absolute atomic E-state index is 12.2. The number of rotatable bonds is 7. The molecule has 7 heteroatoms. The zero-order valence-electron chi connectivity index (χ0n) is 12.2. The summed E-state index contributed by atoms with van der Waals surface area (Å²) in [6, 6.07) is 4.58. The van der Waals surface area contributed by atoms with Crippen molar-refractivity contribution in [1.82, 2.24) is 0 Å². The minimum atomic E-state index is -0.566. The van der Waals surface area contributed by atoms with Gasteiger partial charge in [-0.05, 0) is 24.6 Å². The fourth-order valence-corrected chi connectivity index (χ4v) is 1.86. The van der Waals surface area contributed by atoms with Crippen molar-refractivity contribution in [2.75, 3.05) is 44.6 Å². The molecule has 1 amide bonds. The number of aliphatic hydroxyl groups excluding tert-OH is 1. The summed E-state index contributed by atoms with van der Waals surface area (Å²) in [7, 11) is 2.67. The number of ether oxygens (including phenoxy) is 2. The molecule has 0 saturated heterocycles. The Kier molecular flexibility index (Phi) is 6.64. The molecule has 116 valence electrons. The van der Waals surface area contributed by atoms with Crippen LogP contribution in [0.25, 0.3) is 0 Å². The van der Waals surface area contributed by atoms with Gasteiger partial charge in [0.25, 0.3) is 5.91 Å². The van der Waals surface area contributed by atoms with Crippen molar-refractivity contribution in [3.05, 3.63) is 23.8 Å². The molecule has 0 aliphatic heterocycles. The van der Waals surface area contributed by atoms with E-state index in [2.05, 4.69) is 0 Å². The highest BCUT2D eigenvalue weighted by molar-refractivity contribution is 6.03. The summed E-state index contributed by atoms with van der Waals surface area (Å²) in [5.41, 5.74) is 6.73. The predicted molar refractivity (Wildman–Crippen MR) is 78.1 cm³/mol. The molecule has 0 atom stereocenters. The number of esters is 1. The molecule has 1 rings (SSSR count). The van der Waals surface area contributed by atoms with Crippen LogP contribution in [0.15, 0.2) is 18.2 Å². The van der Waals surface area contributed by atoms with Crippen molar-refractivity contribution in [1.29, 1.82) is 0 Å². The molecule has 1 aromatic rings. The summed E-state index contributed by atoms with van der Waals surface area (Å²) in [5, 5.41) is 8.97. The average Bonchev–Trinajstić information content (AvgIpc) is 2.47. The predicted octanol–water partition coefficient (Wildman–Crippen LogP) is 0.417. The molecule has 0 spiro atoms. The van der Waals surface area contributed by atoms with Crippen LogP contribution in [0.4, 0.5) is 11.4 Å². The van der Waals surface area contributed by atoms with E-state index >= 15 is 0 Å². The quantitative estimate of drug-likeness (QED) is 0.558. The van der Waals surface area contributed by atoms with Gasteiger partial charge in [0, 0.05) is 25.9 Å². The first-order chi connectivity index (χ1) is 10.0. The molecule has 0 fully saturated rings. The van der Waals surface area contributed by atoms with E-state index in [0.29, 0.717) is 17.8 Å². The van der Waals surface area contributed by atoms with Crippen molar-refractivity contribution >= 4 is 23.3 Å². The minimum absolute atomic E-state index is 0.0768. The normalized spacial score (nSPS) is 10.2. The van der Waals surface area contributed by atoms with Gasteiger partial charge in [0.2, 0.25) is 0 Å². The summed E-state index contributed by atoms with van der Waals surface area (Å²) in [6.07, 6.45) is 0.366. The van der Waals surface area contributed by atoms with E-state index in [-0.39, 0.29) is 31.2 Å². The highest BCUT2D eigenvalue weighted by Crippen LogP contribution is 2.25. The van der Waals surface area contributed by atoms with E-state index in [9.17, 15) is 9.59 Å². The molecule has 0 aliphatic carbocycles. The lowest BCUT2D eigenvalue weighted by Crippen LogP contribution is -2.36. The number of methoxy groups -OCH3 is 2. The van der Waals surface area contributed by atoms with Crippen molar-refractivity contribution in [3.63, 3.8) is 0 Å². The van der Waals surface area contributed by atoms with Crippen LogP contribution < -0.4 is 10.6 Å². The van der Waals surface area contributed by atoms with Crippen LogP contribution in [-0.4, -0.2) is 51.0 Å². The summed E-state index contributed by atoms with van der Waals surface area (Å²) in [6.45, 7) is 0.0274. The number of carbonyl (C=O) groups excluding carboxylic acids is 2. The van der Waals surface area contributed by atoms with E-state index in [1.54, 1.807) is 6.07 Å². The monoisotopic (exact) mass is 296 g/mol. The molecule has 1 aromatic carbocycles. The molecule has 0 unspecified atom stereocenters. The molecule has 0 saturated carbocycles. The molecule has 3 N–H and O–H groups in total. The Bertz CT molecular complexity index is 504. The number of aliphatic hydroxyl groups is 1. The van der Waals surface area contributed by atoms with Crippen molar-refractivity contribution in [2.45, 2.75) is 6.42 Å². The second-order valence-electron chi connectivity index (χ2n) is 4.32. The van der Waals surface area contributed by atoms with Gasteiger partial charge in [-0.3, -0.25) is 4.79 Å². The molecule has 0 bridgehead atoms. The van der Waals surface area contributed by atoms with Gasteiger partial charge in [0.1, 0.15) is 6.61 Å². The number of benzene rings is 1. The molecule has 7 nitrogen and oxygen atoms in total. The van der Waals surface area contributed by atoms with Crippen LogP contribution in [-0.2, 0) is 14.3 Å². The highest BCUT2D eigenvalue weighted by atomic mass is 16.5. The van der Waals surface area contributed by atoms with Gasteiger partial charge in [-0.1, -0.05) is 0 Å². The maximum atomic E-state index is 12.2. The van der Waals surface area contributed by atoms with Gasteiger partial charge in [0.15, 0.2) is 0 Å². The summed E-state index contributed by atoms with van der Waals surface area (Å²) < 4.78 is 9.55. The fourth-order valence-electron chi connectivity index (χ4n) is 1.86. The topological polar surface area (TPSA) is 102 Å². The Labute approximate surface area is 123 Å². The van der Waals surface area contributed by atoms with Crippen molar-refractivity contribution in [3.8, 4) is 0 Å². The third kappa shape index (κ3) is 4.44. The number of hydrogen-bond donors (Lipinski definition) is 2. The van der Waals surface area contributed by atoms with E-state index < -0.39 is 5.97 Å². The van der Waals surface area contributed by atoms with Crippen LogP contribution >= 0.6 is 0 Å². The fraction of sp³-hybridized carbons (Fsp3) is 0.429. The Morgan fingerprint density at radius 3 is 2.62 bits per heavy atom. The SMILES string of the molecule is COCC(=O)N(CCCO)c1cc(N)ccc1C(=O)OC. The van der Waals surface area contributed by atoms with Gasteiger partial charge in [0.05, 0.1) is 18.4 Å². The Morgan fingerprint density at radius 1 is 1.33 bits per heavy atom. The third-order valence-corrected chi connectivity index (χ3v) is 2.83. The van der Waals surface area contributed by atoms with Crippen LogP contribution in [0.5, 0.6) is 0 Å². The third-order valence-electron chi connectivity index (χ3n) is 2.83. The van der Waals surface area contributed by atoms with E-state index in [4.69, 9.17) is 20.3 Å². The van der Waals surface area contributed by atoms with Crippen LogP contribution in [0.3, 0.4) is 0 Å². The van der Waals surface area contributed by atoms with Crippen LogP contribution in [0.2, 0.25) is 0 Å². The molecule has 21 heavy (non-hydrogen) atoms. The second kappa shape index (κ2) is 8.23. The zero-order chi connectivity index (χ0) is 15.8. The number of nitrogens with two attached hydrogens (primary N) is 1. The van der Waals surface area contributed by atoms with E-state index in [1.807, 2.05) is 0 Å². The second-order valence-corrected chi connectivity index (χ2v) is 4.32. The van der Waals surface area contributed by atoms with E-state index in [0.717, 1.165) is 0 Å². The molecular formula is C14H20N2O5. The van der Waals surface area contributed by atoms with Gasteiger partial charge in [-0.15, -0.1) is 0 Å². The highest BCUT2D eigenvalue weighted by Gasteiger charge is 2.22. The molecule has 0 radical (unpaired) electrons. The van der Waals surface area contributed by atoms with Gasteiger partial charge in [-0.2, -0.15) is 0 Å². The maximum Gasteiger partial charge on any atom is 0.339 e. The largest absolute Gasteiger partial charge is 0.465 e. The zero-order valence-corrected chi connectivity index (χ0v) is 12.2. The summed E-state index contributed by atoms with van der Waals surface area (Å²) in [5.74, 6) is -0.897. The number of nitrogen functional groups attached to an aromatic ring is 1. The summed E-state index contributed by atoms with van der Waals surface area (Å²) >= 11 is 0. The first-order valence-corrected chi connectivity index (χ1v) is 6.43. The lowest BCUT2D eigenvalue weighted by Gasteiger charge is -2.24. The minimum Gasteiger partial charge on any atom is -0.465 e. The van der Waals surface area contributed by atoms with Crippen LogP contribution in [0.1, 0.15) is 16.8 Å². The van der Waals surface area contributed by atoms with Gasteiger partial charge in [-0.25, -0.2) is 4.79 Å². The molecular weight excluding hydrogens is 276 g/mol. The van der Waals surface area contributed by atoms with Gasteiger partial charge < -0.3 is 25.2 Å². The number of amides is 1. The van der Waals surface area contributed by atoms with Gasteiger partial charge >= 0.3 is 5.97 Å². The Hall–Kier alpha value is -2.12. The summed E-state index contributed by atoms with van der Waals surface area (Å²) in [4.78, 5) is 25.3. The Morgan fingerprint density at radius 2 is 2.05 bits per heavy atom. The number of carbonyl (C=O) groups is 2. The smallest absolute Gasteiger partial charge is 0.339 e. The van der Waals surface area contributed by atoms with Crippen molar-refractivity contribution < 1.29 is 24.2 Å². The first kappa shape index (κ1) is 16.9. The van der Waals surface area contributed by atoms with E-state index in [1.165, 1.54) is 31.3 Å². The number of anilines is 2. The standard InChI is InChI=1S/C14H20N2O5/c1-20-9-13(18)16(6-3-7-17)12-8-10(15)4-5-11(12)14(19)21-2/h4-5,8,17H,3,6-7,9,15H2,1-2H3. The molecule has 0 aromatic heterocycles. The first-order valence-electron chi connectivity index (χ1n) is 6.43. The molecule has 0 aliphatic rings. The number of nitrogens with zero attached hydrogens (tertiary/aromatic N) is 1. The lowest BCUT2D eigenvalue weighted by molar-refractivity contribution is -0.122. The van der Waals surface area contributed by atoms with Crippen molar-refractivity contribution in [2.24, 2.45) is 0 Å². The van der Waals surface area contributed by atoms with Crippen LogP contribution in [0, 0.1) is 0 Å². The average molecular weight is 296 g/mol. The number of hydrogen-bond acceptors (Lipinski definition) is 6. The molecule has 0 heterocycles.